The zero-order chi connectivity index (χ0) is 18.5. The van der Waals surface area contributed by atoms with Gasteiger partial charge >= 0.3 is 0 Å². The molecule has 0 aliphatic carbocycles. The topological polar surface area (TPSA) is 106 Å². The molecule has 0 saturated carbocycles. The van der Waals surface area contributed by atoms with E-state index in [9.17, 15) is 9.59 Å². The Kier molecular flexibility index (Phi) is 5.12. The number of hydrogen-bond donors (Lipinski definition) is 3. The van der Waals surface area contributed by atoms with Crippen molar-refractivity contribution in [3.05, 3.63) is 48.0 Å². The van der Waals surface area contributed by atoms with E-state index in [-0.39, 0.29) is 19.0 Å². The maximum atomic E-state index is 12.3. The zero-order valence-electron chi connectivity index (χ0n) is 14.4. The number of aromatic amines is 1. The highest BCUT2D eigenvalue weighted by molar-refractivity contribution is 6.01. The number of methoxy groups -OCH3 is 2. The van der Waals surface area contributed by atoms with Crippen LogP contribution in [0.2, 0.25) is 0 Å². The highest BCUT2D eigenvalue weighted by Crippen LogP contribution is 2.35. The minimum absolute atomic E-state index is 0.143. The fourth-order valence-electron chi connectivity index (χ4n) is 2.57. The van der Waals surface area contributed by atoms with Gasteiger partial charge in [0.15, 0.2) is 11.5 Å². The Bertz CT molecular complexity index is 914. The second-order valence-electron chi connectivity index (χ2n) is 5.48. The quantitative estimate of drug-likeness (QED) is 0.598. The highest BCUT2D eigenvalue weighted by Gasteiger charge is 2.16. The first kappa shape index (κ1) is 17.4. The van der Waals surface area contributed by atoms with Gasteiger partial charge in [0.05, 0.1) is 39.1 Å². The van der Waals surface area contributed by atoms with Crippen LogP contribution in [0.25, 0.3) is 10.9 Å². The summed E-state index contributed by atoms with van der Waals surface area (Å²) in [6, 6.07) is 8.70. The molecular weight excluding hydrogens is 338 g/mol. The third kappa shape index (κ3) is 3.64. The van der Waals surface area contributed by atoms with Crippen LogP contribution in [-0.2, 0) is 11.3 Å². The number of benzene rings is 1. The molecular formula is C18H19N3O5. The molecule has 2 amide bonds. The molecule has 0 spiro atoms. The van der Waals surface area contributed by atoms with Crippen LogP contribution in [0.3, 0.4) is 0 Å². The van der Waals surface area contributed by atoms with Crippen molar-refractivity contribution in [3.63, 3.8) is 0 Å². The maximum Gasteiger partial charge on any atom is 0.268 e. The lowest BCUT2D eigenvalue weighted by Gasteiger charge is -2.07. The summed E-state index contributed by atoms with van der Waals surface area (Å²) in [6.07, 6.45) is 1.53. The summed E-state index contributed by atoms with van der Waals surface area (Å²) in [4.78, 5) is 27.1. The van der Waals surface area contributed by atoms with Gasteiger partial charge in [-0.05, 0) is 30.3 Å². The van der Waals surface area contributed by atoms with Crippen molar-refractivity contribution >= 4 is 22.7 Å². The minimum atomic E-state index is -0.393. The molecule has 0 saturated heterocycles. The summed E-state index contributed by atoms with van der Waals surface area (Å²) >= 11 is 0. The lowest BCUT2D eigenvalue weighted by atomic mass is 10.2. The number of rotatable bonds is 7. The zero-order valence-corrected chi connectivity index (χ0v) is 14.4. The van der Waals surface area contributed by atoms with E-state index in [1.165, 1.54) is 13.4 Å². The standard InChI is InChI=1S/C18H19N3O5/c1-24-15-6-5-13-12(17(15)25-2)8-14(21-13)18(23)20-10-16(22)19-9-11-4-3-7-26-11/h3-8,21H,9-10H2,1-2H3,(H,19,22)(H,20,23). The number of H-pyrrole nitrogens is 1. The molecule has 2 aromatic heterocycles. The molecule has 0 radical (unpaired) electrons. The van der Waals surface area contributed by atoms with Gasteiger partial charge in [0.2, 0.25) is 5.91 Å². The number of furan rings is 1. The second-order valence-corrected chi connectivity index (χ2v) is 5.48. The van der Waals surface area contributed by atoms with Crippen molar-refractivity contribution in [2.45, 2.75) is 6.54 Å². The predicted molar refractivity (Wildman–Crippen MR) is 94.3 cm³/mol. The summed E-state index contributed by atoms with van der Waals surface area (Å²) in [5, 5.41) is 5.95. The lowest BCUT2D eigenvalue weighted by molar-refractivity contribution is -0.120. The van der Waals surface area contributed by atoms with Crippen molar-refractivity contribution in [1.29, 1.82) is 0 Å². The maximum absolute atomic E-state index is 12.3. The van der Waals surface area contributed by atoms with Gasteiger partial charge in [-0.2, -0.15) is 0 Å². The van der Waals surface area contributed by atoms with E-state index in [4.69, 9.17) is 13.9 Å². The van der Waals surface area contributed by atoms with Gasteiger partial charge in [-0.1, -0.05) is 0 Å². The largest absolute Gasteiger partial charge is 0.493 e. The van der Waals surface area contributed by atoms with Crippen molar-refractivity contribution in [2.75, 3.05) is 20.8 Å². The van der Waals surface area contributed by atoms with Gasteiger partial charge in [0.1, 0.15) is 11.5 Å². The summed E-state index contributed by atoms with van der Waals surface area (Å²) in [5.41, 5.74) is 1.06. The third-order valence-electron chi connectivity index (χ3n) is 3.84. The van der Waals surface area contributed by atoms with E-state index in [0.29, 0.717) is 23.0 Å². The van der Waals surface area contributed by atoms with E-state index < -0.39 is 5.91 Å². The van der Waals surface area contributed by atoms with Gasteiger partial charge in [-0.15, -0.1) is 0 Å². The molecule has 0 unspecified atom stereocenters. The van der Waals surface area contributed by atoms with Crippen LogP contribution >= 0.6 is 0 Å². The van der Waals surface area contributed by atoms with Crippen molar-refractivity contribution in [3.8, 4) is 11.5 Å². The Morgan fingerprint density at radius 2 is 2.00 bits per heavy atom. The van der Waals surface area contributed by atoms with Crippen LogP contribution in [0.5, 0.6) is 11.5 Å². The van der Waals surface area contributed by atoms with E-state index in [1.807, 2.05) is 0 Å². The van der Waals surface area contributed by atoms with Crippen LogP contribution in [-0.4, -0.2) is 37.6 Å². The van der Waals surface area contributed by atoms with Crippen LogP contribution < -0.4 is 20.1 Å². The Morgan fingerprint density at radius 1 is 1.15 bits per heavy atom. The summed E-state index contributed by atoms with van der Waals surface area (Å²) in [5.74, 6) is 1.04. The molecule has 1 aromatic carbocycles. The first-order chi connectivity index (χ1) is 12.6. The minimum Gasteiger partial charge on any atom is -0.493 e. The van der Waals surface area contributed by atoms with Crippen LogP contribution in [0.4, 0.5) is 0 Å². The Labute approximate surface area is 149 Å². The number of aromatic nitrogens is 1. The smallest absolute Gasteiger partial charge is 0.268 e. The molecule has 0 fully saturated rings. The van der Waals surface area contributed by atoms with Gasteiger partial charge in [-0.3, -0.25) is 9.59 Å². The molecule has 3 rings (SSSR count). The average molecular weight is 357 g/mol. The molecule has 0 aliphatic heterocycles. The monoisotopic (exact) mass is 357 g/mol. The number of nitrogens with one attached hydrogen (secondary N) is 3. The van der Waals surface area contributed by atoms with Gasteiger partial charge in [-0.25, -0.2) is 0 Å². The van der Waals surface area contributed by atoms with E-state index in [1.54, 1.807) is 37.4 Å². The number of carbonyl (C=O) groups is 2. The Morgan fingerprint density at radius 3 is 2.69 bits per heavy atom. The van der Waals surface area contributed by atoms with E-state index >= 15 is 0 Å². The van der Waals surface area contributed by atoms with Gasteiger partial charge < -0.3 is 29.5 Å². The lowest BCUT2D eigenvalue weighted by Crippen LogP contribution is -2.36. The van der Waals surface area contributed by atoms with Gasteiger partial charge in [0, 0.05) is 5.39 Å². The molecule has 3 N–H and O–H groups in total. The Hall–Kier alpha value is -3.42. The summed E-state index contributed by atoms with van der Waals surface area (Å²) in [6.45, 7) is 0.125. The number of fused-ring (bicyclic) bond motifs is 1. The fraction of sp³-hybridized carbons (Fsp3) is 0.222. The molecule has 0 atom stereocenters. The Balaban J connectivity index is 1.63. The van der Waals surface area contributed by atoms with Crippen LogP contribution in [0.1, 0.15) is 16.2 Å². The highest BCUT2D eigenvalue weighted by atomic mass is 16.5. The van der Waals surface area contributed by atoms with Crippen molar-refractivity contribution in [1.82, 2.24) is 15.6 Å². The number of hydrogen-bond acceptors (Lipinski definition) is 5. The SMILES string of the molecule is COc1ccc2[nH]c(C(=O)NCC(=O)NCc3ccco3)cc2c1OC. The van der Waals surface area contributed by atoms with E-state index in [2.05, 4.69) is 15.6 Å². The molecule has 2 heterocycles. The first-order valence-corrected chi connectivity index (χ1v) is 7.93. The van der Waals surface area contributed by atoms with Crippen LogP contribution in [0, 0.1) is 0 Å². The molecule has 136 valence electrons. The summed E-state index contributed by atoms with van der Waals surface area (Å²) in [7, 11) is 3.08. The predicted octanol–water partition coefficient (Wildman–Crippen LogP) is 1.82. The van der Waals surface area contributed by atoms with E-state index in [0.717, 1.165) is 10.9 Å². The van der Waals surface area contributed by atoms with Crippen molar-refractivity contribution < 1.29 is 23.5 Å². The molecule has 26 heavy (non-hydrogen) atoms. The first-order valence-electron chi connectivity index (χ1n) is 7.93. The normalized spacial score (nSPS) is 10.5. The second kappa shape index (κ2) is 7.64. The number of carbonyl (C=O) groups excluding carboxylic acids is 2. The molecule has 8 heteroatoms. The average Bonchev–Trinajstić information content (AvgIpc) is 3.32. The van der Waals surface area contributed by atoms with Gasteiger partial charge in [0.25, 0.3) is 5.91 Å². The molecule has 8 nitrogen and oxygen atoms in total. The van der Waals surface area contributed by atoms with Crippen LogP contribution in [0.15, 0.2) is 41.0 Å². The van der Waals surface area contributed by atoms with Crippen molar-refractivity contribution in [2.24, 2.45) is 0 Å². The third-order valence-corrected chi connectivity index (χ3v) is 3.84. The fourth-order valence-corrected chi connectivity index (χ4v) is 2.57. The molecule has 3 aromatic rings. The molecule has 0 aliphatic rings. The molecule has 0 bridgehead atoms. The number of amides is 2. The number of ether oxygens (including phenoxy) is 2. The summed E-state index contributed by atoms with van der Waals surface area (Å²) < 4.78 is 15.7.